The molecule has 96 valence electrons. The lowest BCUT2D eigenvalue weighted by Gasteiger charge is -2.26. The predicted molar refractivity (Wildman–Crippen MR) is 68.5 cm³/mol. The molecule has 1 N–H and O–H groups in total. The molecule has 0 unspecified atom stereocenters. The van der Waals surface area contributed by atoms with E-state index < -0.39 is 5.97 Å². The van der Waals surface area contributed by atoms with Crippen LogP contribution in [-0.2, 0) is 0 Å². The van der Waals surface area contributed by atoms with Gasteiger partial charge < -0.3 is 10.0 Å². The highest BCUT2D eigenvalue weighted by atomic mass is 16.4. The fraction of sp³-hybridized carbons (Fsp3) is 0.462. The van der Waals surface area contributed by atoms with Crippen molar-refractivity contribution >= 4 is 11.7 Å². The van der Waals surface area contributed by atoms with Gasteiger partial charge in [-0.15, -0.1) is 0 Å². The molecule has 0 bridgehead atoms. The summed E-state index contributed by atoms with van der Waals surface area (Å²) < 4.78 is 0. The molecule has 0 saturated heterocycles. The van der Waals surface area contributed by atoms with Gasteiger partial charge in [-0.25, -0.2) is 4.79 Å². The fourth-order valence-electron chi connectivity index (χ4n) is 1.76. The number of rotatable bonds is 6. The number of nitriles is 1. The molecule has 0 aliphatic rings. The molecule has 0 atom stereocenters. The first kappa shape index (κ1) is 14.0. The van der Waals surface area contributed by atoms with E-state index in [1.54, 1.807) is 12.3 Å². The second-order valence-electron chi connectivity index (χ2n) is 4.45. The zero-order valence-electron chi connectivity index (χ0n) is 10.6. The number of hydrogen-bond donors (Lipinski definition) is 1. The van der Waals surface area contributed by atoms with Gasteiger partial charge in [0.1, 0.15) is 5.56 Å². The molecule has 1 aromatic heterocycles. The van der Waals surface area contributed by atoms with E-state index in [0.29, 0.717) is 31.1 Å². The Bertz CT molecular complexity index is 452. The molecule has 5 heteroatoms. The number of carboxylic acids is 1. The maximum Gasteiger partial charge on any atom is 0.339 e. The number of pyridine rings is 1. The van der Waals surface area contributed by atoms with Gasteiger partial charge >= 0.3 is 5.97 Å². The SMILES string of the molecule is CC(C)CN(CCC#N)c1ccncc1C(=O)O. The van der Waals surface area contributed by atoms with Crippen LogP contribution in [-0.4, -0.2) is 29.1 Å². The van der Waals surface area contributed by atoms with E-state index in [1.165, 1.54) is 6.20 Å². The molecular formula is C13H17N3O2. The third-order valence-electron chi connectivity index (χ3n) is 2.45. The number of carbonyl (C=O) groups is 1. The molecule has 0 spiro atoms. The van der Waals surface area contributed by atoms with Gasteiger partial charge in [0.05, 0.1) is 18.2 Å². The highest BCUT2D eigenvalue weighted by Gasteiger charge is 2.16. The lowest BCUT2D eigenvalue weighted by molar-refractivity contribution is 0.0697. The summed E-state index contributed by atoms with van der Waals surface area (Å²) in [6.07, 6.45) is 3.28. The number of nitrogens with zero attached hydrogens (tertiary/aromatic N) is 3. The van der Waals surface area contributed by atoms with Gasteiger partial charge in [-0.2, -0.15) is 5.26 Å². The Morgan fingerprint density at radius 3 is 2.89 bits per heavy atom. The summed E-state index contributed by atoms with van der Waals surface area (Å²) in [5.41, 5.74) is 0.803. The zero-order valence-corrected chi connectivity index (χ0v) is 10.6. The van der Waals surface area contributed by atoms with Crippen LogP contribution in [0.15, 0.2) is 18.5 Å². The molecule has 5 nitrogen and oxygen atoms in total. The highest BCUT2D eigenvalue weighted by molar-refractivity contribution is 5.94. The lowest BCUT2D eigenvalue weighted by Crippen LogP contribution is -2.30. The summed E-state index contributed by atoms with van der Waals surface area (Å²) in [5, 5.41) is 17.8. The van der Waals surface area contributed by atoms with Crippen LogP contribution in [0.25, 0.3) is 0 Å². The number of aromatic nitrogens is 1. The summed E-state index contributed by atoms with van der Waals surface area (Å²) in [4.78, 5) is 16.9. The van der Waals surface area contributed by atoms with Crippen molar-refractivity contribution in [1.29, 1.82) is 5.26 Å². The number of hydrogen-bond acceptors (Lipinski definition) is 4. The van der Waals surface area contributed by atoms with E-state index in [0.717, 1.165) is 0 Å². The fourth-order valence-corrected chi connectivity index (χ4v) is 1.76. The van der Waals surface area contributed by atoms with Crippen LogP contribution in [0.1, 0.15) is 30.6 Å². The second kappa shape index (κ2) is 6.60. The minimum atomic E-state index is -0.996. The third-order valence-corrected chi connectivity index (χ3v) is 2.45. The van der Waals surface area contributed by atoms with Crippen LogP contribution in [0.2, 0.25) is 0 Å². The Labute approximate surface area is 107 Å². The Morgan fingerprint density at radius 2 is 2.33 bits per heavy atom. The Hall–Kier alpha value is -2.09. The summed E-state index contributed by atoms with van der Waals surface area (Å²) in [5.74, 6) is -0.609. The molecule has 0 radical (unpaired) electrons. The van der Waals surface area contributed by atoms with E-state index in [4.69, 9.17) is 10.4 Å². The van der Waals surface area contributed by atoms with Gasteiger partial charge in [0.15, 0.2) is 0 Å². The van der Waals surface area contributed by atoms with Crippen LogP contribution in [0.4, 0.5) is 5.69 Å². The van der Waals surface area contributed by atoms with E-state index in [1.807, 2.05) is 4.90 Å². The molecule has 1 heterocycles. The first-order valence-electron chi connectivity index (χ1n) is 5.85. The van der Waals surface area contributed by atoms with Crippen molar-refractivity contribution in [2.75, 3.05) is 18.0 Å². The van der Waals surface area contributed by atoms with Crippen LogP contribution in [0, 0.1) is 17.2 Å². The predicted octanol–water partition coefficient (Wildman–Crippen LogP) is 2.16. The zero-order chi connectivity index (χ0) is 13.5. The Balaban J connectivity index is 3.04. The van der Waals surface area contributed by atoms with E-state index in [-0.39, 0.29) is 5.56 Å². The molecule has 1 rings (SSSR count). The number of aromatic carboxylic acids is 1. The monoisotopic (exact) mass is 247 g/mol. The first-order valence-corrected chi connectivity index (χ1v) is 5.85. The quantitative estimate of drug-likeness (QED) is 0.833. The molecule has 18 heavy (non-hydrogen) atoms. The molecule has 0 aliphatic carbocycles. The molecule has 0 amide bonds. The Morgan fingerprint density at radius 1 is 1.61 bits per heavy atom. The molecule has 0 fully saturated rings. The number of carboxylic acid groups (broad SMARTS) is 1. The van der Waals surface area contributed by atoms with Crippen LogP contribution in [0.5, 0.6) is 0 Å². The first-order chi connectivity index (χ1) is 8.56. The average Bonchev–Trinajstić information content (AvgIpc) is 2.34. The summed E-state index contributed by atoms with van der Waals surface area (Å²) in [6, 6.07) is 3.77. The largest absolute Gasteiger partial charge is 0.478 e. The second-order valence-corrected chi connectivity index (χ2v) is 4.45. The maximum atomic E-state index is 11.2. The van der Waals surface area contributed by atoms with Crippen molar-refractivity contribution in [2.45, 2.75) is 20.3 Å². The van der Waals surface area contributed by atoms with Crippen LogP contribution >= 0.6 is 0 Å². The maximum absolute atomic E-state index is 11.2. The van der Waals surface area contributed by atoms with Crippen LogP contribution < -0.4 is 4.90 Å². The summed E-state index contributed by atoms with van der Waals surface area (Å²) in [7, 11) is 0. The molecule has 1 aromatic rings. The van der Waals surface area contributed by atoms with Crippen molar-refractivity contribution in [3.8, 4) is 6.07 Å². The number of anilines is 1. The van der Waals surface area contributed by atoms with Crippen LogP contribution in [0.3, 0.4) is 0 Å². The summed E-state index contributed by atoms with van der Waals surface area (Å²) in [6.45, 7) is 5.35. The smallest absolute Gasteiger partial charge is 0.339 e. The molecule has 0 saturated carbocycles. The van der Waals surface area contributed by atoms with E-state index in [2.05, 4.69) is 24.9 Å². The van der Waals surface area contributed by atoms with Gasteiger partial charge in [0.2, 0.25) is 0 Å². The average molecular weight is 247 g/mol. The standard InChI is InChI=1S/C13H17N3O2/c1-10(2)9-16(7-3-5-14)12-4-6-15-8-11(12)13(17)18/h4,6,8,10H,3,7,9H2,1-2H3,(H,17,18). The minimum Gasteiger partial charge on any atom is -0.478 e. The Kier molecular flexibility index (Phi) is 5.12. The van der Waals surface area contributed by atoms with Crippen molar-refractivity contribution in [3.05, 3.63) is 24.0 Å². The lowest BCUT2D eigenvalue weighted by atomic mass is 10.1. The van der Waals surface area contributed by atoms with Crippen molar-refractivity contribution in [2.24, 2.45) is 5.92 Å². The summed E-state index contributed by atoms with van der Waals surface area (Å²) >= 11 is 0. The van der Waals surface area contributed by atoms with Crippen molar-refractivity contribution in [3.63, 3.8) is 0 Å². The third kappa shape index (κ3) is 3.74. The van der Waals surface area contributed by atoms with Gasteiger partial charge in [0.25, 0.3) is 0 Å². The molecule has 0 aliphatic heterocycles. The molecular weight excluding hydrogens is 230 g/mol. The normalized spacial score (nSPS) is 10.1. The molecule has 0 aromatic carbocycles. The van der Waals surface area contributed by atoms with Gasteiger partial charge in [-0.3, -0.25) is 4.98 Å². The topological polar surface area (TPSA) is 77.2 Å². The van der Waals surface area contributed by atoms with Gasteiger partial charge in [0, 0.05) is 25.5 Å². The van der Waals surface area contributed by atoms with Gasteiger partial charge in [-0.1, -0.05) is 13.8 Å². The van der Waals surface area contributed by atoms with Crippen molar-refractivity contribution < 1.29 is 9.90 Å². The highest BCUT2D eigenvalue weighted by Crippen LogP contribution is 2.20. The van der Waals surface area contributed by atoms with E-state index in [9.17, 15) is 4.79 Å². The van der Waals surface area contributed by atoms with Gasteiger partial charge in [-0.05, 0) is 12.0 Å². The van der Waals surface area contributed by atoms with E-state index >= 15 is 0 Å². The minimum absolute atomic E-state index is 0.177. The van der Waals surface area contributed by atoms with Crippen molar-refractivity contribution in [1.82, 2.24) is 4.98 Å².